The second-order valence-corrected chi connectivity index (χ2v) is 9.78. The van der Waals surface area contributed by atoms with Gasteiger partial charge in [0.2, 0.25) is 0 Å². The zero-order valence-corrected chi connectivity index (χ0v) is 9.15. The van der Waals surface area contributed by atoms with Crippen LogP contribution in [0.1, 0.15) is 13.3 Å². The van der Waals surface area contributed by atoms with Crippen molar-refractivity contribution in [2.24, 2.45) is 0 Å². The molecule has 0 atom stereocenters. The molecule has 0 fully saturated rings. The summed E-state index contributed by atoms with van der Waals surface area (Å²) >= 11 is 0. The molecule has 11 heavy (non-hydrogen) atoms. The summed E-state index contributed by atoms with van der Waals surface area (Å²) in [7, 11) is -0.920. The number of hydrogen-bond donors (Lipinski definition) is 1. The van der Waals surface area contributed by atoms with Crippen LogP contribution in [0.15, 0.2) is 11.6 Å². The molecule has 0 aliphatic carbocycles. The van der Waals surface area contributed by atoms with Gasteiger partial charge in [-0.3, -0.25) is 0 Å². The summed E-state index contributed by atoms with van der Waals surface area (Å²) in [5.74, 6) is 0. The highest BCUT2D eigenvalue weighted by Gasteiger charge is 2.12. The molecular formula is C9H20OSi. The van der Waals surface area contributed by atoms with E-state index in [2.05, 4.69) is 32.6 Å². The summed E-state index contributed by atoms with van der Waals surface area (Å²) in [5.41, 5.74) is 1.44. The summed E-state index contributed by atoms with van der Waals surface area (Å²) in [6.07, 6.45) is 2.97. The van der Waals surface area contributed by atoms with Crippen molar-refractivity contribution < 1.29 is 5.11 Å². The Morgan fingerprint density at radius 2 is 1.91 bits per heavy atom. The standard InChI is InChI=1S/C9H20OSi/c1-9(6-5-7-10)8-11(2,3)4/h6,10H,5,7-8H2,1-4H3/b9-6-. The fourth-order valence-electron chi connectivity index (χ4n) is 1.22. The molecule has 0 aliphatic rings. The van der Waals surface area contributed by atoms with E-state index < -0.39 is 8.07 Å². The highest BCUT2D eigenvalue weighted by molar-refractivity contribution is 6.76. The van der Waals surface area contributed by atoms with E-state index in [9.17, 15) is 0 Å². The zero-order valence-electron chi connectivity index (χ0n) is 8.15. The topological polar surface area (TPSA) is 20.2 Å². The molecular weight excluding hydrogens is 152 g/mol. The average molecular weight is 172 g/mol. The Balaban J connectivity index is 3.76. The molecule has 0 aliphatic heterocycles. The largest absolute Gasteiger partial charge is 0.396 e. The summed E-state index contributed by atoms with van der Waals surface area (Å²) in [5, 5.41) is 8.58. The van der Waals surface area contributed by atoms with Gasteiger partial charge in [0.1, 0.15) is 0 Å². The Hall–Kier alpha value is -0.0831. The normalized spacial score (nSPS) is 13.7. The molecule has 0 aromatic carbocycles. The van der Waals surface area contributed by atoms with E-state index in [0.29, 0.717) is 0 Å². The fraction of sp³-hybridized carbons (Fsp3) is 0.778. The first-order chi connectivity index (χ1) is 4.95. The van der Waals surface area contributed by atoms with Crippen LogP contribution in [0, 0.1) is 0 Å². The highest BCUT2D eigenvalue weighted by atomic mass is 28.3. The molecule has 0 aromatic heterocycles. The third-order valence-electron chi connectivity index (χ3n) is 1.43. The Morgan fingerprint density at radius 1 is 1.36 bits per heavy atom. The van der Waals surface area contributed by atoms with Gasteiger partial charge in [0.25, 0.3) is 0 Å². The van der Waals surface area contributed by atoms with Crippen molar-refractivity contribution in [3.63, 3.8) is 0 Å². The van der Waals surface area contributed by atoms with Crippen molar-refractivity contribution in [2.45, 2.75) is 39.0 Å². The third-order valence-corrected chi connectivity index (χ3v) is 3.05. The number of allylic oxidation sites excluding steroid dienone is 1. The number of aliphatic hydroxyl groups is 1. The van der Waals surface area contributed by atoms with Crippen LogP contribution in [0.5, 0.6) is 0 Å². The van der Waals surface area contributed by atoms with Crippen molar-refractivity contribution in [3.8, 4) is 0 Å². The number of hydrogen-bond acceptors (Lipinski definition) is 1. The van der Waals surface area contributed by atoms with Crippen molar-refractivity contribution in [1.29, 1.82) is 0 Å². The fourth-order valence-corrected chi connectivity index (χ4v) is 3.04. The smallest absolute Gasteiger partial charge is 0.0483 e. The van der Waals surface area contributed by atoms with Crippen LogP contribution in [0.25, 0.3) is 0 Å². The van der Waals surface area contributed by atoms with Gasteiger partial charge in [-0.1, -0.05) is 31.3 Å². The summed E-state index contributed by atoms with van der Waals surface area (Å²) < 4.78 is 0. The molecule has 0 heterocycles. The van der Waals surface area contributed by atoms with Gasteiger partial charge in [-0.05, 0) is 19.4 Å². The van der Waals surface area contributed by atoms with E-state index >= 15 is 0 Å². The molecule has 1 N–H and O–H groups in total. The Bertz CT molecular complexity index is 133. The SMILES string of the molecule is C/C(=C/CCO)C[Si](C)(C)C. The van der Waals surface area contributed by atoms with Crippen molar-refractivity contribution in [1.82, 2.24) is 0 Å². The molecule has 0 saturated heterocycles. The van der Waals surface area contributed by atoms with E-state index in [1.165, 1.54) is 11.6 Å². The second-order valence-electron chi connectivity index (χ2n) is 4.30. The summed E-state index contributed by atoms with van der Waals surface area (Å²) in [6.45, 7) is 9.53. The van der Waals surface area contributed by atoms with Crippen LogP contribution in [-0.4, -0.2) is 19.8 Å². The maximum Gasteiger partial charge on any atom is 0.0483 e. The highest BCUT2D eigenvalue weighted by Crippen LogP contribution is 2.15. The van der Waals surface area contributed by atoms with Crippen LogP contribution >= 0.6 is 0 Å². The van der Waals surface area contributed by atoms with Gasteiger partial charge in [0, 0.05) is 14.7 Å². The van der Waals surface area contributed by atoms with Gasteiger partial charge in [-0.2, -0.15) is 0 Å². The lowest BCUT2D eigenvalue weighted by Gasteiger charge is -2.15. The van der Waals surface area contributed by atoms with Gasteiger partial charge in [-0.25, -0.2) is 0 Å². The predicted octanol–water partition coefficient (Wildman–Crippen LogP) is 2.65. The Morgan fingerprint density at radius 3 is 2.27 bits per heavy atom. The molecule has 66 valence electrons. The lowest BCUT2D eigenvalue weighted by Crippen LogP contribution is -2.19. The van der Waals surface area contributed by atoms with Gasteiger partial charge in [-0.15, -0.1) is 0 Å². The Labute approximate surface area is 71.1 Å². The maximum absolute atomic E-state index is 8.58. The van der Waals surface area contributed by atoms with E-state index in [-0.39, 0.29) is 6.61 Å². The lowest BCUT2D eigenvalue weighted by atomic mass is 10.3. The van der Waals surface area contributed by atoms with E-state index in [1.807, 2.05) is 0 Å². The van der Waals surface area contributed by atoms with Crippen LogP contribution in [0.4, 0.5) is 0 Å². The van der Waals surface area contributed by atoms with Gasteiger partial charge >= 0.3 is 0 Å². The van der Waals surface area contributed by atoms with E-state index in [0.717, 1.165) is 6.42 Å². The molecule has 0 aromatic rings. The van der Waals surface area contributed by atoms with Crippen LogP contribution in [0.3, 0.4) is 0 Å². The summed E-state index contributed by atoms with van der Waals surface area (Å²) in [4.78, 5) is 0. The Kier molecular flexibility index (Phi) is 4.69. The van der Waals surface area contributed by atoms with Gasteiger partial charge in [0.05, 0.1) is 0 Å². The van der Waals surface area contributed by atoms with E-state index in [1.54, 1.807) is 0 Å². The molecule has 0 unspecified atom stereocenters. The minimum atomic E-state index is -0.920. The maximum atomic E-state index is 8.58. The quantitative estimate of drug-likeness (QED) is 0.510. The first-order valence-electron chi connectivity index (χ1n) is 4.22. The molecule has 2 heteroatoms. The van der Waals surface area contributed by atoms with Crippen molar-refractivity contribution >= 4 is 8.07 Å². The van der Waals surface area contributed by atoms with Gasteiger partial charge in [0.15, 0.2) is 0 Å². The van der Waals surface area contributed by atoms with Crippen LogP contribution < -0.4 is 0 Å². The van der Waals surface area contributed by atoms with Crippen LogP contribution in [-0.2, 0) is 0 Å². The molecule has 0 saturated carbocycles. The number of aliphatic hydroxyl groups excluding tert-OH is 1. The first kappa shape index (κ1) is 10.9. The molecule has 0 radical (unpaired) electrons. The molecule has 0 amide bonds. The monoisotopic (exact) mass is 172 g/mol. The average Bonchev–Trinajstić information content (AvgIpc) is 1.79. The number of rotatable bonds is 4. The molecule has 0 spiro atoms. The lowest BCUT2D eigenvalue weighted by molar-refractivity contribution is 0.302. The first-order valence-corrected chi connectivity index (χ1v) is 7.93. The minimum Gasteiger partial charge on any atom is -0.396 e. The van der Waals surface area contributed by atoms with Gasteiger partial charge < -0.3 is 5.11 Å². The molecule has 0 bridgehead atoms. The van der Waals surface area contributed by atoms with Crippen molar-refractivity contribution in [2.75, 3.05) is 6.61 Å². The van der Waals surface area contributed by atoms with Crippen molar-refractivity contribution in [3.05, 3.63) is 11.6 Å². The predicted molar refractivity (Wildman–Crippen MR) is 53.6 cm³/mol. The third kappa shape index (κ3) is 7.82. The zero-order chi connectivity index (χ0) is 8.91. The summed E-state index contributed by atoms with van der Waals surface area (Å²) in [6, 6.07) is 1.26. The minimum absolute atomic E-state index is 0.281. The van der Waals surface area contributed by atoms with Crippen LogP contribution in [0.2, 0.25) is 25.7 Å². The second kappa shape index (κ2) is 4.73. The molecule has 1 nitrogen and oxygen atoms in total. The molecule has 0 rings (SSSR count). The van der Waals surface area contributed by atoms with E-state index in [4.69, 9.17) is 5.11 Å².